The summed E-state index contributed by atoms with van der Waals surface area (Å²) in [5.41, 5.74) is 6.40. The summed E-state index contributed by atoms with van der Waals surface area (Å²) >= 11 is 0. The second kappa shape index (κ2) is 7.22. The first kappa shape index (κ1) is 14.8. The zero-order chi connectivity index (χ0) is 15.1. The summed E-state index contributed by atoms with van der Waals surface area (Å²) in [5, 5.41) is 6.98. The molecule has 108 valence electrons. The van der Waals surface area contributed by atoms with Gasteiger partial charge >= 0.3 is 0 Å². The van der Waals surface area contributed by atoms with Gasteiger partial charge in [0.2, 0.25) is 0 Å². The van der Waals surface area contributed by atoms with Gasteiger partial charge in [-0.1, -0.05) is 11.8 Å². The van der Waals surface area contributed by atoms with Gasteiger partial charge in [-0.15, -0.1) is 0 Å². The van der Waals surface area contributed by atoms with Crippen molar-refractivity contribution in [1.29, 1.82) is 0 Å². The van der Waals surface area contributed by atoms with Crippen LogP contribution in [0.3, 0.4) is 0 Å². The Morgan fingerprint density at radius 2 is 2.38 bits per heavy atom. The van der Waals surface area contributed by atoms with Crippen LogP contribution in [0.25, 0.3) is 0 Å². The van der Waals surface area contributed by atoms with Gasteiger partial charge in [0.1, 0.15) is 5.69 Å². The maximum Gasteiger partial charge on any atom is 0.270 e. The van der Waals surface area contributed by atoms with Gasteiger partial charge in [-0.2, -0.15) is 5.10 Å². The zero-order valence-electron chi connectivity index (χ0n) is 11.8. The summed E-state index contributed by atoms with van der Waals surface area (Å²) in [5.74, 6) is 5.38. The number of nitrogens with two attached hydrogens (primary N) is 1. The van der Waals surface area contributed by atoms with Crippen molar-refractivity contribution in [3.05, 3.63) is 48.0 Å². The number of nitrogens with one attached hydrogen (secondary N) is 1. The van der Waals surface area contributed by atoms with Crippen molar-refractivity contribution in [1.82, 2.24) is 20.1 Å². The van der Waals surface area contributed by atoms with E-state index in [1.165, 1.54) is 0 Å². The maximum absolute atomic E-state index is 12.0. The molecule has 21 heavy (non-hydrogen) atoms. The van der Waals surface area contributed by atoms with Crippen molar-refractivity contribution in [2.45, 2.75) is 19.5 Å². The topological polar surface area (TPSA) is 85.8 Å². The van der Waals surface area contributed by atoms with Crippen LogP contribution in [0.4, 0.5) is 0 Å². The Hall–Kier alpha value is -2.65. The van der Waals surface area contributed by atoms with Gasteiger partial charge in [0, 0.05) is 30.2 Å². The van der Waals surface area contributed by atoms with Crippen molar-refractivity contribution in [3.8, 4) is 11.8 Å². The van der Waals surface area contributed by atoms with Crippen molar-refractivity contribution < 1.29 is 4.79 Å². The van der Waals surface area contributed by atoms with E-state index < -0.39 is 0 Å². The van der Waals surface area contributed by atoms with Gasteiger partial charge in [-0.05, 0) is 25.1 Å². The van der Waals surface area contributed by atoms with Crippen LogP contribution in [0.15, 0.2) is 36.8 Å². The predicted molar refractivity (Wildman–Crippen MR) is 79.3 cm³/mol. The van der Waals surface area contributed by atoms with E-state index in [0.29, 0.717) is 18.8 Å². The fourth-order valence-electron chi connectivity index (χ4n) is 1.79. The molecule has 2 rings (SSSR count). The van der Waals surface area contributed by atoms with E-state index in [1.807, 2.05) is 19.2 Å². The number of nitrogens with zero attached hydrogens (tertiary/aromatic N) is 3. The van der Waals surface area contributed by atoms with E-state index in [4.69, 9.17) is 5.73 Å². The highest BCUT2D eigenvalue weighted by molar-refractivity contribution is 5.92. The van der Waals surface area contributed by atoms with Gasteiger partial charge in [-0.25, -0.2) is 4.98 Å². The Morgan fingerprint density at radius 3 is 3.00 bits per heavy atom. The van der Waals surface area contributed by atoms with Crippen molar-refractivity contribution >= 4 is 5.91 Å². The van der Waals surface area contributed by atoms with Gasteiger partial charge in [-0.3, -0.25) is 9.48 Å². The third-order valence-electron chi connectivity index (χ3n) is 2.73. The second-order valence-corrected chi connectivity index (χ2v) is 4.54. The summed E-state index contributed by atoms with van der Waals surface area (Å²) in [6.45, 7) is 2.83. The number of carbonyl (C=O) groups excluding carboxylic acids is 1. The van der Waals surface area contributed by atoms with E-state index in [2.05, 4.69) is 27.2 Å². The van der Waals surface area contributed by atoms with Crippen LogP contribution >= 0.6 is 0 Å². The summed E-state index contributed by atoms with van der Waals surface area (Å²) in [6, 6.07) is 5.20. The Bertz CT molecular complexity index is 637. The highest BCUT2D eigenvalue weighted by atomic mass is 16.1. The molecular weight excluding hydrogens is 266 g/mol. The molecule has 1 atom stereocenters. The van der Waals surface area contributed by atoms with Crippen molar-refractivity contribution in [2.24, 2.45) is 5.73 Å². The fourth-order valence-corrected chi connectivity index (χ4v) is 1.79. The maximum atomic E-state index is 12.0. The molecular formula is C15H17N5O. The van der Waals surface area contributed by atoms with E-state index in [0.717, 1.165) is 5.56 Å². The second-order valence-electron chi connectivity index (χ2n) is 4.54. The standard InChI is InChI=1S/C15H17N5O/c1-12(11-20-9-3-8-18-20)19-15(21)14-6-5-13(10-17-14)4-2-7-16/h3,5-6,8-10,12H,7,11,16H2,1H3,(H,19,21). The average molecular weight is 283 g/mol. The fraction of sp³-hybridized carbons (Fsp3) is 0.267. The molecule has 2 heterocycles. The minimum absolute atomic E-state index is 0.0455. The zero-order valence-corrected chi connectivity index (χ0v) is 11.8. The Balaban J connectivity index is 1.93. The van der Waals surface area contributed by atoms with Crippen LogP contribution in [0.5, 0.6) is 0 Å². The number of hydrogen-bond donors (Lipinski definition) is 2. The quantitative estimate of drug-likeness (QED) is 0.796. The molecule has 0 spiro atoms. The molecule has 0 aliphatic rings. The molecule has 2 aromatic heterocycles. The van der Waals surface area contributed by atoms with Crippen LogP contribution in [0.1, 0.15) is 23.0 Å². The lowest BCUT2D eigenvalue weighted by Gasteiger charge is -2.13. The number of rotatable bonds is 4. The lowest BCUT2D eigenvalue weighted by atomic mass is 10.2. The van der Waals surface area contributed by atoms with Crippen LogP contribution in [0, 0.1) is 11.8 Å². The molecule has 6 nitrogen and oxygen atoms in total. The normalized spacial score (nSPS) is 11.3. The number of carbonyl (C=O) groups is 1. The van der Waals surface area contributed by atoms with Gasteiger partial charge in [0.15, 0.2) is 0 Å². The minimum atomic E-state index is -0.215. The van der Waals surface area contributed by atoms with Crippen molar-refractivity contribution in [2.75, 3.05) is 6.54 Å². The molecule has 1 amide bonds. The molecule has 2 aromatic rings. The third kappa shape index (κ3) is 4.44. The monoisotopic (exact) mass is 283 g/mol. The molecule has 1 unspecified atom stereocenters. The Morgan fingerprint density at radius 1 is 1.52 bits per heavy atom. The van der Waals surface area contributed by atoms with E-state index >= 15 is 0 Å². The molecule has 0 bridgehead atoms. The van der Waals surface area contributed by atoms with E-state index in [-0.39, 0.29) is 11.9 Å². The minimum Gasteiger partial charge on any atom is -0.346 e. The van der Waals surface area contributed by atoms with Crippen LogP contribution in [-0.2, 0) is 6.54 Å². The summed E-state index contributed by atoms with van der Waals surface area (Å²) in [6.07, 6.45) is 5.12. The van der Waals surface area contributed by atoms with E-state index in [9.17, 15) is 4.79 Å². The number of hydrogen-bond acceptors (Lipinski definition) is 4. The van der Waals surface area contributed by atoms with E-state index in [1.54, 1.807) is 29.2 Å². The molecule has 0 saturated carbocycles. The predicted octanol–water partition coefficient (Wildman–Crippen LogP) is 0.407. The molecule has 0 saturated heterocycles. The van der Waals surface area contributed by atoms with Gasteiger partial charge in [0.05, 0.1) is 13.1 Å². The third-order valence-corrected chi connectivity index (χ3v) is 2.73. The van der Waals surface area contributed by atoms with Crippen molar-refractivity contribution in [3.63, 3.8) is 0 Å². The Labute approximate surface area is 123 Å². The highest BCUT2D eigenvalue weighted by Gasteiger charge is 2.11. The largest absolute Gasteiger partial charge is 0.346 e. The first-order chi connectivity index (χ1) is 10.2. The first-order valence-corrected chi connectivity index (χ1v) is 6.62. The molecule has 3 N–H and O–H groups in total. The highest BCUT2D eigenvalue weighted by Crippen LogP contribution is 2.00. The number of pyridine rings is 1. The van der Waals surface area contributed by atoms with Crippen LogP contribution < -0.4 is 11.1 Å². The smallest absolute Gasteiger partial charge is 0.270 e. The molecule has 0 aromatic carbocycles. The Kier molecular flexibility index (Phi) is 5.07. The lowest BCUT2D eigenvalue weighted by molar-refractivity contribution is 0.0931. The summed E-state index contributed by atoms with van der Waals surface area (Å²) in [7, 11) is 0. The number of aromatic nitrogens is 3. The van der Waals surface area contributed by atoms with Gasteiger partial charge in [0.25, 0.3) is 5.91 Å². The molecule has 0 fully saturated rings. The SMILES string of the molecule is CC(Cn1cccn1)NC(=O)c1ccc(C#CCN)cn1. The van der Waals surface area contributed by atoms with Gasteiger partial charge < -0.3 is 11.1 Å². The van der Waals surface area contributed by atoms with Crippen LogP contribution in [0.2, 0.25) is 0 Å². The lowest BCUT2D eigenvalue weighted by Crippen LogP contribution is -2.36. The molecule has 6 heteroatoms. The first-order valence-electron chi connectivity index (χ1n) is 6.62. The molecule has 0 radical (unpaired) electrons. The molecule has 0 aliphatic heterocycles. The summed E-state index contributed by atoms with van der Waals surface area (Å²) in [4.78, 5) is 16.2. The van der Waals surface area contributed by atoms with Crippen LogP contribution in [-0.4, -0.2) is 33.3 Å². The number of amides is 1. The average Bonchev–Trinajstić information content (AvgIpc) is 2.98. The molecule has 0 aliphatic carbocycles. The summed E-state index contributed by atoms with van der Waals surface area (Å²) < 4.78 is 1.77.